The van der Waals surface area contributed by atoms with Crippen LogP contribution in [0.2, 0.25) is 0 Å². The molecule has 6 heteroatoms. The van der Waals surface area contributed by atoms with Crippen LogP contribution >= 0.6 is 27.7 Å². The zero-order chi connectivity index (χ0) is 10.3. The van der Waals surface area contributed by atoms with E-state index in [0.717, 1.165) is 5.57 Å². The van der Waals surface area contributed by atoms with Crippen molar-refractivity contribution in [2.24, 2.45) is 0 Å². The number of hydrogen-bond acceptors (Lipinski definition) is 3. The molecule has 2 aliphatic heterocycles. The molecule has 0 saturated carbocycles. The lowest BCUT2D eigenvalue weighted by atomic mass is 10.1. The van der Waals surface area contributed by atoms with Crippen molar-refractivity contribution in [2.45, 2.75) is 11.8 Å². The second-order valence-corrected chi connectivity index (χ2v) is 4.85. The normalized spacial score (nSPS) is 25.9. The first kappa shape index (κ1) is 10.0. The number of fused-ring (bicyclic) bond motifs is 1. The number of amides is 1. The highest BCUT2D eigenvalue weighted by Gasteiger charge is 2.44. The predicted octanol–water partition coefficient (Wildman–Crippen LogP) is 1.03. The standard InChI is InChI=1S/C8H8BrNO3S/c9-2-4-3-14-6-1-5(11)10(6)7(4)8(12)13/h6H,1-3H2,(H,12,13)/t6-/m0/s1. The van der Waals surface area contributed by atoms with Gasteiger partial charge in [0, 0.05) is 11.1 Å². The van der Waals surface area contributed by atoms with Crippen molar-refractivity contribution >= 4 is 39.6 Å². The summed E-state index contributed by atoms with van der Waals surface area (Å²) in [6.45, 7) is 0. The van der Waals surface area contributed by atoms with Crippen molar-refractivity contribution < 1.29 is 14.7 Å². The zero-order valence-corrected chi connectivity index (χ0v) is 9.60. The summed E-state index contributed by atoms with van der Waals surface area (Å²) in [5, 5.41) is 9.56. The number of carboxylic acids is 1. The molecule has 1 N–H and O–H groups in total. The van der Waals surface area contributed by atoms with Crippen LogP contribution in [0.15, 0.2) is 11.3 Å². The molecule has 0 aromatic carbocycles. The van der Waals surface area contributed by atoms with Crippen molar-refractivity contribution in [1.82, 2.24) is 4.90 Å². The Morgan fingerprint density at radius 3 is 2.93 bits per heavy atom. The summed E-state index contributed by atoms with van der Waals surface area (Å²) in [5.74, 6) is -0.391. The van der Waals surface area contributed by atoms with E-state index in [1.165, 1.54) is 4.90 Å². The Hall–Kier alpha value is -0.490. The van der Waals surface area contributed by atoms with E-state index in [1.807, 2.05) is 0 Å². The number of hydrogen-bond donors (Lipinski definition) is 1. The van der Waals surface area contributed by atoms with Crippen LogP contribution in [-0.4, -0.2) is 38.3 Å². The van der Waals surface area contributed by atoms with E-state index >= 15 is 0 Å². The quantitative estimate of drug-likeness (QED) is 0.605. The van der Waals surface area contributed by atoms with Gasteiger partial charge in [-0.2, -0.15) is 0 Å². The van der Waals surface area contributed by atoms with E-state index in [-0.39, 0.29) is 17.0 Å². The Morgan fingerprint density at radius 2 is 2.43 bits per heavy atom. The Labute approximate surface area is 93.5 Å². The zero-order valence-electron chi connectivity index (χ0n) is 7.20. The van der Waals surface area contributed by atoms with E-state index in [9.17, 15) is 9.59 Å². The minimum atomic E-state index is -1.00. The molecule has 2 rings (SSSR count). The van der Waals surface area contributed by atoms with Gasteiger partial charge >= 0.3 is 5.97 Å². The molecule has 0 bridgehead atoms. The molecule has 1 saturated heterocycles. The van der Waals surface area contributed by atoms with Crippen molar-refractivity contribution in [1.29, 1.82) is 0 Å². The van der Waals surface area contributed by atoms with Crippen LogP contribution in [0.5, 0.6) is 0 Å². The highest BCUT2D eigenvalue weighted by Crippen LogP contribution is 2.40. The fourth-order valence-electron chi connectivity index (χ4n) is 1.58. The summed E-state index contributed by atoms with van der Waals surface area (Å²) in [5.41, 5.74) is 0.966. The van der Waals surface area contributed by atoms with Crippen molar-refractivity contribution in [2.75, 3.05) is 11.1 Å². The molecule has 14 heavy (non-hydrogen) atoms. The van der Waals surface area contributed by atoms with Crippen LogP contribution in [0.4, 0.5) is 0 Å². The lowest BCUT2D eigenvalue weighted by molar-refractivity contribution is -0.146. The first-order valence-corrected chi connectivity index (χ1v) is 6.27. The Bertz CT molecular complexity index is 341. The van der Waals surface area contributed by atoms with Crippen molar-refractivity contribution in [3.05, 3.63) is 11.3 Å². The van der Waals surface area contributed by atoms with Gasteiger partial charge in [0.2, 0.25) is 5.91 Å². The van der Waals surface area contributed by atoms with Crippen molar-refractivity contribution in [3.8, 4) is 0 Å². The third kappa shape index (κ3) is 1.37. The molecule has 1 atom stereocenters. The van der Waals surface area contributed by atoms with Crippen LogP contribution in [-0.2, 0) is 9.59 Å². The number of carbonyl (C=O) groups is 2. The van der Waals surface area contributed by atoms with Gasteiger partial charge in [0.05, 0.1) is 11.8 Å². The Morgan fingerprint density at radius 1 is 1.71 bits per heavy atom. The highest BCUT2D eigenvalue weighted by atomic mass is 79.9. The monoisotopic (exact) mass is 277 g/mol. The van der Waals surface area contributed by atoms with E-state index < -0.39 is 5.97 Å². The second kappa shape index (κ2) is 3.58. The number of rotatable bonds is 2. The predicted molar refractivity (Wildman–Crippen MR) is 56.2 cm³/mol. The molecule has 0 aliphatic carbocycles. The van der Waals surface area contributed by atoms with Crippen LogP contribution in [0.3, 0.4) is 0 Å². The van der Waals surface area contributed by atoms with Gasteiger partial charge < -0.3 is 5.11 Å². The lowest BCUT2D eigenvalue weighted by Crippen LogP contribution is -2.54. The first-order valence-electron chi connectivity index (χ1n) is 4.10. The molecule has 0 unspecified atom stereocenters. The Kier molecular flexibility index (Phi) is 2.57. The molecular weight excluding hydrogens is 270 g/mol. The molecule has 2 heterocycles. The minimum Gasteiger partial charge on any atom is -0.477 e. The molecule has 76 valence electrons. The molecular formula is C8H8BrNO3S. The average molecular weight is 278 g/mol. The summed E-state index contributed by atoms with van der Waals surface area (Å²) in [7, 11) is 0. The molecule has 0 radical (unpaired) electrons. The molecule has 1 amide bonds. The molecule has 2 aliphatic rings. The fourth-order valence-corrected chi connectivity index (χ4v) is 3.57. The number of carboxylic acid groups (broad SMARTS) is 1. The number of aliphatic carboxylic acids is 1. The topological polar surface area (TPSA) is 57.6 Å². The van der Waals surface area contributed by atoms with Gasteiger partial charge in [-0.25, -0.2) is 4.79 Å². The van der Waals surface area contributed by atoms with Gasteiger partial charge in [0.15, 0.2) is 0 Å². The van der Waals surface area contributed by atoms with Crippen LogP contribution in [0.1, 0.15) is 6.42 Å². The average Bonchev–Trinajstić information content (AvgIpc) is 2.15. The summed E-state index contributed by atoms with van der Waals surface area (Å²) < 4.78 is 0. The maximum absolute atomic E-state index is 11.2. The summed E-state index contributed by atoms with van der Waals surface area (Å²) >= 11 is 4.86. The van der Waals surface area contributed by atoms with Crippen molar-refractivity contribution in [3.63, 3.8) is 0 Å². The number of thioether (sulfide) groups is 1. The number of carbonyl (C=O) groups excluding carboxylic acids is 1. The van der Waals surface area contributed by atoms with E-state index in [2.05, 4.69) is 15.9 Å². The summed E-state index contributed by atoms with van der Waals surface area (Å²) in [4.78, 5) is 23.6. The highest BCUT2D eigenvalue weighted by molar-refractivity contribution is 9.09. The molecule has 1 fully saturated rings. The van der Waals surface area contributed by atoms with Gasteiger partial charge in [-0.15, -0.1) is 11.8 Å². The molecule has 0 spiro atoms. The maximum atomic E-state index is 11.2. The molecule has 4 nitrogen and oxygen atoms in total. The minimum absolute atomic E-state index is 0.0522. The molecule has 0 aromatic heterocycles. The third-order valence-electron chi connectivity index (χ3n) is 2.30. The maximum Gasteiger partial charge on any atom is 0.352 e. The smallest absolute Gasteiger partial charge is 0.352 e. The SMILES string of the molecule is O=C(O)C1=C(CBr)CS[C@H]2CC(=O)N12. The van der Waals surface area contributed by atoms with E-state index in [1.54, 1.807) is 11.8 Å². The third-order valence-corrected chi connectivity index (χ3v) is 4.25. The summed E-state index contributed by atoms with van der Waals surface area (Å²) in [6.07, 6.45) is 0.469. The van der Waals surface area contributed by atoms with Gasteiger partial charge in [-0.05, 0) is 5.57 Å². The van der Waals surface area contributed by atoms with Gasteiger partial charge in [0.1, 0.15) is 5.70 Å². The van der Waals surface area contributed by atoms with Gasteiger partial charge in [0.25, 0.3) is 0 Å². The van der Waals surface area contributed by atoms with Crippen LogP contribution in [0.25, 0.3) is 0 Å². The van der Waals surface area contributed by atoms with E-state index in [4.69, 9.17) is 5.11 Å². The number of β-lactam (4-membered cyclic amide) rings is 1. The second-order valence-electron chi connectivity index (χ2n) is 3.12. The van der Waals surface area contributed by atoms with Crippen LogP contribution in [0, 0.1) is 0 Å². The van der Waals surface area contributed by atoms with E-state index in [0.29, 0.717) is 17.5 Å². The molecule has 0 aromatic rings. The largest absolute Gasteiger partial charge is 0.477 e. The van der Waals surface area contributed by atoms with Crippen LogP contribution < -0.4 is 0 Å². The first-order chi connectivity index (χ1) is 6.65. The number of halogens is 1. The Balaban J connectivity index is 2.37. The number of alkyl halides is 1. The fraction of sp³-hybridized carbons (Fsp3) is 0.500. The summed E-state index contributed by atoms with van der Waals surface area (Å²) in [6, 6.07) is 0. The lowest BCUT2D eigenvalue weighted by Gasteiger charge is -2.43. The number of nitrogens with zero attached hydrogens (tertiary/aromatic N) is 1. The van der Waals surface area contributed by atoms with Gasteiger partial charge in [-0.1, -0.05) is 15.9 Å². The van der Waals surface area contributed by atoms with Gasteiger partial charge in [-0.3, -0.25) is 9.69 Å².